The molecule has 0 heterocycles. The third kappa shape index (κ3) is 4.41. The molecule has 0 saturated heterocycles. The van der Waals surface area contributed by atoms with Gasteiger partial charge in [0, 0.05) is 13.2 Å². The number of aromatic hydroxyl groups is 1. The highest BCUT2D eigenvalue weighted by molar-refractivity contribution is 5.97. The van der Waals surface area contributed by atoms with E-state index in [4.69, 9.17) is 9.47 Å². The monoisotopic (exact) mass is 264 g/mol. The Kier molecular flexibility index (Phi) is 5.57. The van der Waals surface area contributed by atoms with Gasteiger partial charge in [-0.1, -0.05) is 11.6 Å². The minimum Gasteiger partial charge on any atom is -0.507 e. The van der Waals surface area contributed by atoms with Gasteiger partial charge in [0.25, 0.3) is 0 Å². The summed E-state index contributed by atoms with van der Waals surface area (Å²) in [5, 5.41) is 9.81. The molecule has 1 aromatic rings. The predicted octanol–water partition coefficient (Wildman–Crippen LogP) is 3.09. The van der Waals surface area contributed by atoms with Gasteiger partial charge >= 0.3 is 0 Å². The molecule has 104 valence electrons. The Morgan fingerprint density at radius 3 is 2.53 bits per heavy atom. The summed E-state index contributed by atoms with van der Waals surface area (Å²) in [5.74, 6) is 0.288. The zero-order valence-electron chi connectivity index (χ0n) is 11.8. The number of methoxy groups -OCH3 is 1. The van der Waals surface area contributed by atoms with E-state index in [1.165, 1.54) is 25.7 Å². The number of phenols is 1. The number of hydrogen-bond donors (Lipinski definition) is 1. The molecular formula is C15H20O4. The summed E-state index contributed by atoms with van der Waals surface area (Å²) >= 11 is 0. The highest BCUT2D eigenvalue weighted by Gasteiger charge is 2.13. The molecule has 0 aliphatic carbocycles. The molecule has 0 aliphatic heterocycles. The largest absolute Gasteiger partial charge is 0.507 e. The quantitative estimate of drug-likeness (QED) is 0.487. The van der Waals surface area contributed by atoms with Crippen LogP contribution >= 0.6 is 0 Å². The molecule has 1 rings (SSSR count). The number of Topliss-reactive ketones (excluding diaryl/α,β-unsaturated/α-hetero) is 1. The van der Waals surface area contributed by atoms with Crippen LogP contribution in [0.3, 0.4) is 0 Å². The van der Waals surface area contributed by atoms with E-state index in [9.17, 15) is 9.90 Å². The smallest absolute Gasteiger partial charge is 0.188 e. The highest BCUT2D eigenvalue weighted by atomic mass is 16.7. The predicted molar refractivity (Wildman–Crippen MR) is 73.8 cm³/mol. The summed E-state index contributed by atoms with van der Waals surface area (Å²) in [7, 11) is 1.53. The van der Waals surface area contributed by atoms with Crippen LogP contribution < -0.4 is 4.74 Å². The minimum atomic E-state index is -0.172. The van der Waals surface area contributed by atoms with E-state index < -0.39 is 0 Å². The number of rotatable bonds is 6. The highest BCUT2D eigenvalue weighted by Crippen LogP contribution is 2.29. The number of allylic oxidation sites excluding steroid dienone is 2. The standard InChI is InChI=1S/C15H20O4/c1-10(2)5-6-12-7-13(11(3)16)14(17)8-15(12)19-9-18-4/h5,7-8,17H,6,9H2,1-4H3. The molecular weight excluding hydrogens is 244 g/mol. The van der Waals surface area contributed by atoms with Crippen molar-refractivity contribution in [1.82, 2.24) is 0 Å². The van der Waals surface area contributed by atoms with Gasteiger partial charge in [-0.3, -0.25) is 4.79 Å². The number of ether oxygens (including phenoxy) is 2. The lowest BCUT2D eigenvalue weighted by Crippen LogP contribution is -2.03. The first kappa shape index (κ1) is 15.2. The Morgan fingerprint density at radius 2 is 2.00 bits per heavy atom. The molecule has 0 aromatic heterocycles. The molecule has 0 unspecified atom stereocenters. The second kappa shape index (κ2) is 6.95. The van der Waals surface area contributed by atoms with E-state index in [2.05, 4.69) is 0 Å². The number of ketones is 1. The maximum absolute atomic E-state index is 11.4. The fourth-order valence-electron chi connectivity index (χ4n) is 1.63. The molecule has 19 heavy (non-hydrogen) atoms. The first-order valence-electron chi connectivity index (χ1n) is 6.07. The summed E-state index contributed by atoms with van der Waals surface area (Å²) in [6, 6.07) is 3.13. The molecule has 0 spiro atoms. The van der Waals surface area contributed by atoms with E-state index in [0.717, 1.165) is 5.56 Å². The van der Waals surface area contributed by atoms with Gasteiger partial charge in [-0.2, -0.15) is 0 Å². The lowest BCUT2D eigenvalue weighted by atomic mass is 10.0. The lowest BCUT2D eigenvalue weighted by molar-refractivity contribution is 0.0503. The number of carbonyl (C=O) groups is 1. The topological polar surface area (TPSA) is 55.8 Å². The van der Waals surface area contributed by atoms with Crippen molar-refractivity contribution >= 4 is 5.78 Å². The second-order valence-electron chi connectivity index (χ2n) is 4.57. The van der Waals surface area contributed by atoms with Crippen molar-refractivity contribution in [1.29, 1.82) is 0 Å². The molecule has 0 saturated carbocycles. The maximum Gasteiger partial charge on any atom is 0.188 e. The molecule has 0 amide bonds. The fourth-order valence-corrected chi connectivity index (χ4v) is 1.63. The average Bonchev–Trinajstić information content (AvgIpc) is 2.34. The van der Waals surface area contributed by atoms with Crippen molar-refractivity contribution in [2.45, 2.75) is 27.2 Å². The molecule has 0 radical (unpaired) electrons. The van der Waals surface area contributed by atoms with Crippen LogP contribution in [-0.2, 0) is 11.2 Å². The molecule has 1 N–H and O–H groups in total. The zero-order valence-corrected chi connectivity index (χ0v) is 11.8. The van der Waals surface area contributed by atoms with E-state index in [1.807, 2.05) is 19.9 Å². The zero-order chi connectivity index (χ0) is 14.4. The van der Waals surface area contributed by atoms with Crippen LogP contribution in [0, 0.1) is 0 Å². The maximum atomic E-state index is 11.4. The van der Waals surface area contributed by atoms with Gasteiger partial charge in [0.2, 0.25) is 0 Å². The van der Waals surface area contributed by atoms with Crippen LogP contribution in [-0.4, -0.2) is 24.8 Å². The van der Waals surface area contributed by atoms with Gasteiger partial charge in [0.1, 0.15) is 11.5 Å². The van der Waals surface area contributed by atoms with Crippen LogP contribution in [0.25, 0.3) is 0 Å². The third-order valence-corrected chi connectivity index (χ3v) is 2.62. The van der Waals surface area contributed by atoms with Crippen LogP contribution in [0.1, 0.15) is 36.7 Å². The Bertz CT molecular complexity index is 485. The average molecular weight is 264 g/mol. The SMILES string of the molecule is COCOc1cc(O)c(C(C)=O)cc1CC=C(C)C. The van der Waals surface area contributed by atoms with Crippen molar-refractivity contribution in [2.24, 2.45) is 0 Å². The van der Waals surface area contributed by atoms with E-state index in [0.29, 0.717) is 17.7 Å². The van der Waals surface area contributed by atoms with E-state index in [-0.39, 0.29) is 18.3 Å². The molecule has 4 nitrogen and oxygen atoms in total. The normalized spacial score (nSPS) is 10.1. The van der Waals surface area contributed by atoms with Crippen LogP contribution in [0.15, 0.2) is 23.8 Å². The fraction of sp³-hybridized carbons (Fsp3) is 0.400. The summed E-state index contributed by atoms with van der Waals surface area (Å²) < 4.78 is 10.3. The van der Waals surface area contributed by atoms with Gasteiger partial charge in [-0.05, 0) is 38.8 Å². The lowest BCUT2D eigenvalue weighted by Gasteiger charge is -2.12. The number of phenolic OH excluding ortho intramolecular Hbond substituents is 1. The Morgan fingerprint density at radius 1 is 1.32 bits per heavy atom. The molecule has 1 aromatic carbocycles. The number of benzene rings is 1. The Balaban J connectivity index is 3.16. The number of carbonyl (C=O) groups excluding carboxylic acids is 1. The molecule has 4 heteroatoms. The Hall–Kier alpha value is -1.81. The number of hydrogen-bond acceptors (Lipinski definition) is 4. The van der Waals surface area contributed by atoms with E-state index >= 15 is 0 Å². The van der Waals surface area contributed by atoms with Crippen LogP contribution in [0.4, 0.5) is 0 Å². The molecule has 0 aliphatic rings. The van der Waals surface area contributed by atoms with Gasteiger partial charge in [-0.25, -0.2) is 0 Å². The molecule has 0 fully saturated rings. The molecule has 0 bridgehead atoms. The Labute approximate surface area is 113 Å². The minimum absolute atomic E-state index is 0.0699. The van der Waals surface area contributed by atoms with Crippen molar-refractivity contribution < 1.29 is 19.4 Å². The van der Waals surface area contributed by atoms with Gasteiger partial charge in [0.15, 0.2) is 12.6 Å². The van der Waals surface area contributed by atoms with Crippen molar-refractivity contribution in [3.63, 3.8) is 0 Å². The first-order valence-corrected chi connectivity index (χ1v) is 6.07. The first-order chi connectivity index (χ1) is 8.95. The summed E-state index contributed by atoms with van der Waals surface area (Å²) in [6.07, 6.45) is 2.68. The van der Waals surface area contributed by atoms with Crippen molar-refractivity contribution in [3.8, 4) is 11.5 Å². The third-order valence-electron chi connectivity index (χ3n) is 2.62. The summed E-state index contributed by atoms with van der Waals surface area (Å²) in [4.78, 5) is 11.4. The van der Waals surface area contributed by atoms with Gasteiger partial charge < -0.3 is 14.6 Å². The van der Waals surface area contributed by atoms with Crippen molar-refractivity contribution in [3.05, 3.63) is 34.9 Å². The summed E-state index contributed by atoms with van der Waals surface area (Å²) in [5.41, 5.74) is 2.33. The van der Waals surface area contributed by atoms with Gasteiger partial charge in [-0.15, -0.1) is 0 Å². The second-order valence-corrected chi connectivity index (χ2v) is 4.57. The van der Waals surface area contributed by atoms with Crippen LogP contribution in [0.5, 0.6) is 11.5 Å². The molecule has 0 atom stereocenters. The van der Waals surface area contributed by atoms with Gasteiger partial charge in [0.05, 0.1) is 5.56 Å². The van der Waals surface area contributed by atoms with Crippen LogP contribution in [0.2, 0.25) is 0 Å². The van der Waals surface area contributed by atoms with E-state index in [1.54, 1.807) is 6.07 Å². The summed E-state index contributed by atoms with van der Waals surface area (Å²) in [6.45, 7) is 5.53. The van der Waals surface area contributed by atoms with Crippen molar-refractivity contribution in [2.75, 3.05) is 13.9 Å².